The second-order valence-corrected chi connectivity index (χ2v) is 6.95. The van der Waals surface area contributed by atoms with Crippen LogP contribution in [0.2, 0.25) is 0 Å². The summed E-state index contributed by atoms with van der Waals surface area (Å²) in [5.74, 6) is 1.45. The lowest BCUT2D eigenvalue weighted by Gasteiger charge is -2.18. The summed E-state index contributed by atoms with van der Waals surface area (Å²) in [7, 11) is 0. The van der Waals surface area contributed by atoms with E-state index in [9.17, 15) is 4.79 Å². The van der Waals surface area contributed by atoms with Crippen molar-refractivity contribution in [3.05, 3.63) is 45.6 Å². The Morgan fingerprint density at radius 2 is 1.80 bits per heavy atom. The van der Waals surface area contributed by atoms with Crippen molar-refractivity contribution in [2.75, 3.05) is 13.2 Å². The second kappa shape index (κ2) is 9.47. The van der Waals surface area contributed by atoms with E-state index in [1.807, 2.05) is 43.5 Å². The van der Waals surface area contributed by atoms with Gasteiger partial charge < -0.3 is 14.8 Å². The lowest BCUT2D eigenvalue weighted by Crippen LogP contribution is -2.26. The van der Waals surface area contributed by atoms with Gasteiger partial charge in [0.2, 0.25) is 0 Å². The zero-order chi connectivity index (χ0) is 18.2. The first-order valence-electron chi connectivity index (χ1n) is 8.81. The summed E-state index contributed by atoms with van der Waals surface area (Å²) in [5.41, 5.74) is 2.00. The molecule has 2 rings (SSSR count). The van der Waals surface area contributed by atoms with Crippen molar-refractivity contribution in [2.45, 2.75) is 46.6 Å². The molecular weight excluding hydrogens is 334 g/mol. The van der Waals surface area contributed by atoms with Gasteiger partial charge in [0, 0.05) is 0 Å². The number of thiophene rings is 1. The van der Waals surface area contributed by atoms with Gasteiger partial charge >= 0.3 is 0 Å². The summed E-state index contributed by atoms with van der Waals surface area (Å²) in [6.07, 6.45) is 1.88. The van der Waals surface area contributed by atoms with Crippen molar-refractivity contribution < 1.29 is 14.3 Å². The fraction of sp³-hybridized carbons (Fsp3) is 0.450. The molecule has 1 amide bonds. The second-order valence-electron chi connectivity index (χ2n) is 6.03. The minimum absolute atomic E-state index is 0.0395. The number of hydrogen-bond donors (Lipinski definition) is 1. The predicted molar refractivity (Wildman–Crippen MR) is 103 cm³/mol. The highest BCUT2D eigenvalue weighted by Gasteiger charge is 2.16. The van der Waals surface area contributed by atoms with Gasteiger partial charge in [-0.25, -0.2) is 0 Å². The Morgan fingerprint density at radius 3 is 2.40 bits per heavy atom. The quantitative estimate of drug-likeness (QED) is 0.674. The monoisotopic (exact) mass is 361 g/mol. The predicted octanol–water partition coefficient (Wildman–Crippen LogP) is 5.13. The van der Waals surface area contributed by atoms with Gasteiger partial charge in [0.1, 0.15) is 0 Å². The number of amides is 1. The molecule has 0 saturated carbocycles. The number of carbonyl (C=O) groups is 1. The van der Waals surface area contributed by atoms with Gasteiger partial charge in [0.15, 0.2) is 11.5 Å². The Labute approximate surface area is 154 Å². The minimum atomic E-state index is -0.113. The highest BCUT2D eigenvalue weighted by atomic mass is 32.1. The highest BCUT2D eigenvalue weighted by molar-refractivity contribution is 7.12. The Kier molecular flexibility index (Phi) is 7.31. The fourth-order valence-electron chi connectivity index (χ4n) is 2.40. The summed E-state index contributed by atoms with van der Waals surface area (Å²) in [4.78, 5) is 13.2. The molecule has 1 unspecified atom stereocenters. The van der Waals surface area contributed by atoms with Crippen LogP contribution in [0, 0.1) is 6.92 Å². The van der Waals surface area contributed by atoms with Crippen LogP contribution in [0.3, 0.4) is 0 Å². The zero-order valence-corrected chi connectivity index (χ0v) is 16.2. The number of benzene rings is 1. The fourth-order valence-corrected chi connectivity index (χ4v) is 3.23. The van der Waals surface area contributed by atoms with Gasteiger partial charge in [-0.15, -0.1) is 11.3 Å². The summed E-state index contributed by atoms with van der Waals surface area (Å²) < 4.78 is 11.6. The third-order valence-electron chi connectivity index (χ3n) is 3.81. The standard InChI is InChI=1S/C20H27NO3S/c1-5-10-23-17-8-7-16(13-18(17)24-11-6-2)15(4)21-20(22)19-14(3)9-12-25-19/h7-9,12-13,15H,5-6,10-11H2,1-4H3,(H,21,22). The summed E-state index contributed by atoms with van der Waals surface area (Å²) >= 11 is 1.46. The van der Waals surface area contributed by atoms with Crippen LogP contribution in [0.25, 0.3) is 0 Å². The Hall–Kier alpha value is -2.01. The first-order chi connectivity index (χ1) is 12.1. The van der Waals surface area contributed by atoms with E-state index in [0.717, 1.165) is 40.3 Å². The summed E-state index contributed by atoms with van der Waals surface area (Å²) in [6.45, 7) is 9.37. The van der Waals surface area contributed by atoms with Crippen LogP contribution >= 0.6 is 11.3 Å². The molecule has 1 atom stereocenters. The van der Waals surface area contributed by atoms with Crippen molar-refractivity contribution in [1.82, 2.24) is 5.32 Å². The average molecular weight is 362 g/mol. The van der Waals surface area contributed by atoms with Gasteiger partial charge in [0.05, 0.1) is 24.1 Å². The van der Waals surface area contributed by atoms with Crippen LogP contribution in [0.1, 0.15) is 60.5 Å². The maximum absolute atomic E-state index is 12.4. The van der Waals surface area contributed by atoms with Crippen LogP contribution < -0.4 is 14.8 Å². The lowest BCUT2D eigenvalue weighted by atomic mass is 10.1. The molecule has 1 aromatic heterocycles. The molecule has 5 heteroatoms. The van der Waals surface area contributed by atoms with E-state index < -0.39 is 0 Å². The first kappa shape index (κ1) is 19.3. The Balaban J connectivity index is 2.13. The molecular formula is C20H27NO3S. The van der Waals surface area contributed by atoms with Crippen LogP contribution in [0.15, 0.2) is 29.6 Å². The number of hydrogen-bond acceptors (Lipinski definition) is 4. The molecule has 0 aliphatic rings. The van der Waals surface area contributed by atoms with E-state index in [1.54, 1.807) is 0 Å². The van der Waals surface area contributed by atoms with Crippen molar-refractivity contribution >= 4 is 17.2 Å². The molecule has 0 aliphatic heterocycles. The van der Waals surface area contributed by atoms with Gasteiger partial charge in [-0.2, -0.15) is 0 Å². The molecule has 1 N–H and O–H groups in total. The molecule has 4 nitrogen and oxygen atoms in total. The topological polar surface area (TPSA) is 47.6 Å². The third-order valence-corrected chi connectivity index (χ3v) is 4.82. The first-order valence-corrected chi connectivity index (χ1v) is 9.69. The van der Waals surface area contributed by atoms with Gasteiger partial charge in [-0.05, 0) is 61.4 Å². The number of carbonyl (C=O) groups excluding carboxylic acids is 1. The van der Waals surface area contributed by atoms with Crippen molar-refractivity contribution in [2.24, 2.45) is 0 Å². The SMILES string of the molecule is CCCOc1ccc(C(C)NC(=O)c2sccc2C)cc1OCCC. The molecule has 2 aromatic rings. The highest BCUT2D eigenvalue weighted by Crippen LogP contribution is 2.31. The third kappa shape index (κ3) is 5.23. The molecule has 136 valence electrons. The molecule has 0 spiro atoms. The van der Waals surface area contributed by atoms with E-state index in [1.165, 1.54) is 11.3 Å². The van der Waals surface area contributed by atoms with Crippen molar-refractivity contribution in [3.8, 4) is 11.5 Å². The van der Waals surface area contributed by atoms with Gasteiger partial charge in [-0.1, -0.05) is 19.9 Å². The lowest BCUT2D eigenvalue weighted by molar-refractivity contribution is 0.0943. The number of ether oxygens (including phenoxy) is 2. The van der Waals surface area contributed by atoms with E-state index in [-0.39, 0.29) is 11.9 Å². The largest absolute Gasteiger partial charge is 0.490 e. The van der Waals surface area contributed by atoms with Gasteiger partial charge in [-0.3, -0.25) is 4.79 Å². The minimum Gasteiger partial charge on any atom is -0.490 e. The van der Waals surface area contributed by atoms with E-state index in [0.29, 0.717) is 13.2 Å². The van der Waals surface area contributed by atoms with Crippen molar-refractivity contribution in [3.63, 3.8) is 0 Å². The van der Waals surface area contributed by atoms with E-state index in [4.69, 9.17) is 9.47 Å². The van der Waals surface area contributed by atoms with Crippen molar-refractivity contribution in [1.29, 1.82) is 0 Å². The molecule has 0 radical (unpaired) electrons. The molecule has 0 bridgehead atoms. The van der Waals surface area contributed by atoms with Crippen LogP contribution in [-0.2, 0) is 0 Å². The molecule has 25 heavy (non-hydrogen) atoms. The molecule has 0 fully saturated rings. The maximum atomic E-state index is 12.4. The molecule has 0 saturated heterocycles. The average Bonchev–Trinajstić information content (AvgIpc) is 3.04. The smallest absolute Gasteiger partial charge is 0.262 e. The molecule has 0 aliphatic carbocycles. The molecule has 1 heterocycles. The van der Waals surface area contributed by atoms with Crippen LogP contribution in [0.4, 0.5) is 0 Å². The Morgan fingerprint density at radius 1 is 1.12 bits per heavy atom. The Bertz CT molecular complexity index is 696. The zero-order valence-electron chi connectivity index (χ0n) is 15.4. The van der Waals surface area contributed by atoms with Crippen LogP contribution in [0.5, 0.6) is 11.5 Å². The normalized spacial score (nSPS) is 11.8. The molecule has 1 aromatic carbocycles. The van der Waals surface area contributed by atoms with E-state index in [2.05, 4.69) is 19.2 Å². The maximum Gasteiger partial charge on any atom is 0.262 e. The number of aryl methyl sites for hydroxylation is 1. The number of rotatable bonds is 9. The van der Waals surface area contributed by atoms with Crippen LogP contribution in [-0.4, -0.2) is 19.1 Å². The van der Waals surface area contributed by atoms with Gasteiger partial charge in [0.25, 0.3) is 5.91 Å². The number of nitrogens with one attached hydrogen (secondary N) is 1. The van der Waals surface area contributed by atoms with E-state index >= 15 is 0 Å². The summed E-state index contributed by atoms with van der Waals surface area (Å²) in [5, 5.41) is 5.00. The summed E-state index contributed by atoms with van der Waals surface area (Å²) in [6, 6.07) is 7.72.